The summed E-state index contributed by atoms with van der Waals surface area (Å²) in [4.78, 5) is 7.93. The molecule has 78 valence electrons. The molecule has 0 saturated heterocycles. The van der Waals surface area contributed by atoms with Crippen LogP contribution < -0.4 is 5.32 Å². The lowest BCUT2D eigenvalue weighted by Gasteiger charge is -2.11. The number of aromatic nitrogens is 2. The lowest BCUT2D eigenvalue weighted by molar-refractivity contribution is 0.457. The molecule has 0 aliphatic rings. The minimum absolute atomic E-state index is 0.254. The average molecular weight is 203 g/mol. The van der Waals surface area contributed by atoms with E-state index in [4.69, 9.17) is 4.42 Å². The summed E-state index contributed by atoms with van der Waals surface area (Å²) in [6.07, 6.45) is 6.78. The van der Waals surface area contributed by atoms with Gasteiger partial charge in [0.15, 0.2) is 6.39 Å². The summed E-state index contributed by atoms with van der Waals surface area (Å²) in [5.74, 6) is 0.839. The van der Waals surface area contributed by atoms with Crippen molar-refractivity contribution in [2.45, 2.75) is 19.5 Å². The van der Waals surface area contributed by atoms with Gasteiger partial charge in [-0.25, -0.2) is 4.98 Å². The minimum Gasteiger partial charge on any atom is -0.447 e. The number of nitrogens with one attached hydrogen (secondary N) is 1. The zero-order chi connectivity index (χ0) is 10.5. The monoisotopic (exact) mass is 203 g/mol. The van der Waals surface area contributed by atoms with Crippen molar-refractivity contribution in [3.8, 4) is 0 Å². The highest BCUT2D eigenvalue weighted by atomic mass is 16.3. The Kier molecular flexibility index (Phi) is 3.09. The van der Waals surface area contributed by atoms with Crippen molar-refractivity contribution < 1.29 is 4.42 Å². The molecule has 4 heteroatoms. The second kappa shape index (κ2) is 4.70. The molecule has 1 atom stereocenters. The average Bonchev–Trinajstić information content (AvgIpc) is 2.80. The number of pyridine rings is 1. The van der Waals surface area contributed by atoms with Crippen molar-refractivity contribution >= 4 is 0 Å². The highest BCUT2D eigenvalue weighted by molar-refractivity contribution is 5.12. The standard InChI is InChI=1S/C11H13N3O/c1-9(10-3-2-4-12-5-10)14-7-11-6-13-8-15-11/h2-6,8-9,14H,7H2,1H3/t9-/m0/s1. The molecule has 0 bridgehead atoms. The van der Waals surface area contributed by atoms with Crippen molar-refractivity contribution in [1.82, 2.24) is 15.3 Å². The first-order valence-corrected chi connectivity index (χ1v) is 4.87. The third-order valence-electron chi connectivity index (χ3n) is 2.25. The number of hydrogen-bond acceptors (Lipinski definition) is 4. The van der Waals surface area contributed by atoms with E-state index in [1.807, 2.05) is 18.3 Å². The van der Waals surface area contributed by atoms with E-state index < -0.39 is 0 Å². The summed E-state index contributed by atoms with van der Waals surface area (Å²) in [7, 11) is 0. The lowest BCUT2D eigenvalue weighted by atomic mass is 10.1. The molecule has 2 aromatic heterocycles. The van der Waals surface area contributed by atoms with Crippen LogP contribution in [0.3, 0.4) is 0 Å². The SMILES string of the molecule is C[C@H](NCc1cnco1)c1cccnc1. The van der Waals surface area contributed by atoms with Crippen LogP contribution in [-0.4, -0.2) is 9.97 Å². The smallest absolute Gasteiger partial charge is 0.180 e. The number of nitrogens with zero attached hydrogens (tertiary/aromatic N) is 2. The fraction of sp³-hybridized carbons (Fsp3) is 0.273. The van der Waals surface area contributed by atoms with Gasteiger partial charge in [-0.3, -0.25) is 4.98 Å². The molecule has 2 aromatic rings. The Hall–Kier alpha value is -1.68. The molecule has 0 radical (unpaired) electrons. The molecule has 0 saturated carbocycles. The molecule has 0 spiro atoms. The second-order valence-electron chi connectivity index (χ2n) is 3.36. The topological polar surface area (TPSA) is 51.0 Å². The van der Waals surface area contributed by atoms with Crippen LogP contribution in [0.5, 0.6) is 0 Å². The van der Waals surface area contributed by atoms with Crippen LogP contribution in [0.15, 0.2) is 41.5 Å². The van der Waals surface area contributed by atoms with Crippen molar-refractivity contribution in [3.05, 3.63) is 48.4 Å². The Morgan fingerprint density at radius 2 is 2.33 bits per heavy atom. The van der Waals surface area contributed by atoms with E-state index in [2.05, 4.69) is 22.2 Å². The molecular weight excluding hydrogens is 190 g/mol. The Bertz CT molecular complexity index is 385. The predicted octanol–water partition coefficient (Wildman–Crippen LogP) is 1.92. The first kappa shape index (κ1) is 9.86. The molecule has 0 aromatic carbocycles. The van der Waals surface area contributed by atoms with Gasteiger partial charge in [-0.1, -0.05) is 6.07 Å². The summed E-state index contributed by atoms with van der Waals surface area (Å²) < 4.78 is 5.13. The van der Waals surface area contributed by atoms with Gasteiger partial charge in [0.05, 0.1) is 12.7 Å². The molecule has 0 amide bonds. The maximum Gasteiger partial charge on any atom is 0.180 e. The van der Waals surface area contributed by atoms with E-state index in [0.717, 1.165) is 11.3 Å². The Labute approximate surface area is 88.4 Å². The summed E-state index contributed by atoms with van der Waals surface area (Å²) in [5.41, 5.74) is 1.16. The van der Waals surface area contributed by atoms with Crippen LogP contribution in [-0.2, 0) is 6.54 Å². The largest absolute Gasteiger partial charge is 0.447 e. The van der Waals surface area contributed by atoms with Gasteiger partial charge in [-0.2, -0.15) is 0 Å². The van der Waals surface area contributed by atoms with Crippen molar-refractivity contribution in [2.75, 3.05) is 0 Å². The first-order valence-electron chi connectivity index (χ1n) is 4.87. The van der Waals surface area contributed by atoms with Crippen LogP contribution in [0.2, 0.25) is 0 Å². The molecule has 0 unspecified atom stereocenters. The van der Waals surface area contributed by atoms with Gasteiger partial charge < -0.3 is 9.73 Å². The number of oxazole rings is 1. The molecule has 15 heavy (non-hydrogen) atoms. The summed E-state index contributed by atoms with van der Waals surface area (Å²) in [5, 5.41) is 3.33. The zero-order valence-electron chi connectivity index (χ0n) is 8.55. The maximum absolute atomic E-state index is 5.13. The van der Waals surface area contributed by atoms with Gasteiger partial charge in [-0.05, 0) is 18.6 Å². The van der Waals surface area contributed by atoms with E-state index in [0.29, 0.717) is 6.54 Å². The third-order valence-corrected chi connectivity index (χ3v) is 2.25. The molecule has 0 aliphatic carbocycles. The first-order chi connectivity index (χ1) is 7.36. The summed E-state index contributed by atoms with van der Waals surface area (Å²) >= 11 is 0. The van der Waals surface area contributed by atoms with Crippen LogP contribution in [0.4, 0.5) is 0 Å². The van der Waals surface area contributed by atoms with E-state index in [1.54, 1.807) is 12.4 Å². The fourth-order valence-electron chi connectivity index (χ4n) is 1.33. The van der Waals surface area contributed by atoms with Crippen molar-refractivity contribution in [1.29, 1.82) is 0 Å². The number of hydrogen-bond donors (Lipinski definition) is 1. The maximum atomic E-state index is 5.13. The predicted molar refractivity (Wildman–Crippen MR) is 56.0 cm³/mol. The minimum atomic E-state index is 0.254. The van der Waals surface area contributed by atoms with Gasteiger partial charge in [-0.15, -0.1) is 0 Å². The van der Waals surface area contributed by atoms with Crippen LogP contribution >= 0.6 is 0 Å². The van der Waals surface area contributed by atoms with Crippen molar-refractivity contribution in [2.24, 2.45) is 0 Å². The van der Waals surface area contributed by atoms with E-state index in [1.165, 1.54) is 6.39 Å². The van der Waals surface area contributed by atoms with Gasteiger partial charge in [0.2, 0.25) is 0 Å². The Morgan fingerprint density at radius 1 is 1.40 bits per heavy atom. The van der Waals surface area contributed by atoms with E-state index in [-0.39, 0.29) is 6.04 Å². The number of rotatable bonds is 4. The van der Waals surface area contributed by atoms with E-state index >= 15 is 0 Å². The quantitative estimate of drug-likeness (QED) is 0.824. The zero-order valence-corrected chi connectivity index (χ0v) is 8.55. The lowest BCUT2D eigenvalue weighted by Crippen LogP contribution is -2.17. The summed E-state index contributed by atoms with van der Waals surface area (Å²) in [6, 6.07) is 4.23. The highest BCUT2D eigenvalue weighted by Crippen LogP contribution is 2.10. The van der Waals surface area contributed by atoms with Crippen LogP contribution in [0.25, 0.3) is 0 Å². The van der Waals surface area contributed by atoms with Gasteiger partial charge in [0.25, 0.3) is 0 Å². The molecule has 1 N–H and O–H groups in total. The Balaban J connectivity index is 1.90. The van der Waals surface area contributed by atoms with Crippen molar-refractivity contribution in [3.63, 3.8) is 0 Å². The van der Waals surface area contributed by atoms with Gasteiger partial charge >= 0.3 is 0 Å². The molecule has 2 rings (SSSR count). The fourth-order valence-corrected chi connectivity index (χ4v) is 1.33. The normalized spacial score (nSPS) is 12.6. The summed E-state index contributed by atoms with van der Waals surface area (Å²) in [6.45, 7) is 2.77. The van der Waals surface area contributed by atoms with Crippen LogP contribution in [0, 0.1) is 0 Å². The van der Waals surface area contributed by atoms with E-state index in [9.17, 15) is 0 Å². The van der Waals surface area contributed by atoms with Gasteiger partial charge in [0.1, 0.15) is 5.76 Å². The third kappa shape index (κ3) is 2.63. The molecule has 0 aliphatic heterocycles. The molecule has 0 fully saturated rings. The van der Waals surface area contributed by atoms with Gasteiger partial charge in [0, 0.05) is 18.4 Å². The Morgan fingerprint density at radius 3 is 3.00 bits per heavy atom. The van der Waals surface area contributed by atoms with Crippen LogP contribution in [0.1, 0.15) is 24.3 Å². The second-order valence-corrected chi connectivity index (χ2v) is 3.36. The highest BCUT2D eigenvalue weighted by Gasteiger charge is 2.05. The molecular formula is C11H13N3O. The molecule has 4 nitrogen and oxygen atoms in total. The molecule has 2 heterocycles.